The van der Waals surface area contributed by atoms with E-state index < -0.39 is 6.10 Å². The lowest BCUT2D eigenvalue weighted by Crippen LogP contribution is -2.49. The van der Waals surface area contributed by atoms with Gasteiger partial charge in [-0.25, -0.2) is 0 Å². The molecule has 0 aliphatic carbocycles. The van der Waals surface area contributed by atoms with E-state index in [4.69, 9.17) is 4.74 Å². The average Bonchev–Trinajstić information content (AvgIpc) is 2.59. The summed E-state index contributed by atoms with van der Waals surface area (Å²) in [7, 11) is 0. The number of hydrogen-bond acceptors (Lipinski definition) is 4. The Hall–Kier alpha value is -2.11. The summed E-state index contributed by atoms with van der Waals surface area (Å²) in [6.45, 7) is 4.09. The van der Waals surface area contributed by atoms with Crippen LogP contribution in [0.4, 0.5) is 0 Å². The van der Waals surface area contributed by atoms with E-state index >= 15 is 0 Å². The predicted octanol–water partition coefficient (Wildman–Crippen LogP) is 2.18. The first-order valence-corrected chi connectivity index (χ1v) is 8.90. The van der Waals surface area contributed by atoms with Gasteiger partial charge >= 0.3 is 0 Å². The fourth-order valence-corrected chi connectivity index (χ4v) is 3.48. The summed E-state index contributed by atoms with van der Waals surface area (Å²) in [6, 6.07) is 14.2. The fourth-order valence-electron chi connectivity index (χ4n) is 3.48. The number of rotatable bonds is 6. The van der Waals surface area contributed by atoms with E-state index in [2.05, 4.69) is 22.3 Å². The Balaban J connectivity index is 1.52. The zero-order valence-electron chi connectivity index (χ0n) is 14.6. The Kier molecular flexibility index (Phi) is 5.89. The number of nitrogens with zero attached hydrogens (tertiary/aromatic N) is 1. The van der Waals surface area contributed by atoms with Crippen LogP contribution in [0.5, 0.6) is 5.75 Å². The predicted molar refractivity (Wildman–Crippen MR) is 98.7 cm³/mol. The highest BCUT2D eigenvalue weighted by Gasteiger charge is 2.22. The lowest BCUT2D eigenvalue weighted by Gasteiger charge is -2.34. The maximum Gasteiger partial charge on any atom is 0.217 e. The summed E-state index contributed by atoms with van der Waals surface area (Å²) >= 11 is 0. The van der Waals surface area contributed by atoms with E-state index in [1.165, 1.54) is 0 Å². The average molecular weight is 342 g/mol. The van der Waals surface area contributed by atoms with Crippen molar-refractivity contribution in [1.29, 1.82) is 0 Å². The number of benzene rings is 2. The molecule has 1 amide bonds. The maximum absolute atomic E-state index is 11.2. The normalized spacial score (nSPS) is 19.5. The smallest absolute Gasteiger partial charge is 0.217 e. The first-order chi connectivity index (χ1) is 12.1. The van der Waals surface area contributed by atoms with Gasteiger partial charge in [0.05, 0.1) is 0 Å². The molecule has 1 aliphatic heterocycles. The molecule has 5 heteroatoms. The van der Waals surface area contributed by atoms with Crippen molar-refractivity contribution in [3.05, 3.63) is 42.5 Å². The Morgan fingerprint density at radius 3 is 2.96 bits per heavy atom. The Morgan fingerprint density at radius 2 is 2.12 bits per heavy atom. The lowest BCUT2D eigenvalue weighted by molar-refractivity contribution is -0.120. The van der Waals surface area contributed by atoms with Crippen molar-refractivity contribution in [2.45, 2.75) is 31.9 Å². The van der Waals surface area contributed by atoms with Crippen LogP contribution >= 0.6 is 0 Å². The maximum atomic E-state index is 11.2. The van der Waals surface area contributed by atoms with Crippen LogP contribution < -0.4 is 10.1 Å². The van der Waals surface area contributed by atoms with Crippen LogP contribution in [0, 0.1) is 0 Å². The van der Waals surface area contributed by atoms with Crippen LogP contribution in [0.1, 0.15) is 19.8 Å². The van der Waals surface area contributed by atoms with Gasteiger partial charge in [0.25, 0.3) is 0 Å². The van der Waals surface area contributed by atoms with E-state index in [-0.39, 0.29) is 18.6 Å². The molecule has 1 aliphatic rings. The molecule has 1 fully saturated rings. The van der Waals surface area contributed by atoms with Crippen molar-refractivity contribution < 1.29 is 14.6 Å². The van der Waals surface area contributed by atoms with Crippen LogP contribution in [0.2, 0.25) is 0 Å². The minimum Gasteiger partial charge on any atom is -0.490 e. The first kappa shape index (κ1) is 17.7. The molecule has 25 heavy (non-hydrogen) atoms. The van der Waals surface area contributed by atoms with E-state index in [0.717, 1.165) is 42.5 Å². The van der Waals surface area contributed by atoms with Gasteiger partial charge < -0.3 is 15.2 Å². The Bertz CT molecular complexity index is 714. The van der Waals surface area contributed by atoms with Crippen molar-refractivity contribution in [1.82, 2.24) is 10.2 Å². The number of aliphatic hydroxyl groups excluding tert-OH is 1. The third-order valence-electron chi connectivity index (χ3n) is 4.56. The van der Waals surface area contributed by atoms with E-state index in [1.54, 1.807) is 6.92 Å². The van der Waals surface area contributed by atoms with Crippen LogP contribution in [0.3, 0.4) is 0 Å². The second-order valence-electron chi connectivity index (χ2n) is 6.74. The molecule has 0 spiro atoms. The summed E-state index contributed by atoms with van der Waals surface area (Å²) in [6.07, 6.45) is 1.47. The number of hydrogen-bond donors (Lipinski definition) is 2. The standard InChI is InChI=1S/C20H26N2O3/c1-15(23)21-17-8-5-11-22(12-17)13-18(24)14-25-20-10-4-7-16-6-2-3-9-19(16)20/h2-4,6-7,9-10,17-18,24H,5,8,11-14H2,1H3,(H,21,23). The topological polar surface area (TPSA) is 61.8 Å². The molecule has 2 atom stereocenters. The number of nitrogens with one attached hydrogen (secondary N) is 1. The molecule has 0 aromatic heterocycles. The van der Waals surface area contributed by atoms with Crippen molar-refractivity contribution >= 4 is 16.7 Å². The molecule has 2 unspecified atom stereocenters. The molecule has 134 valence electrons. The minimum atomic E-state index is -0.560. The highest BCUT2D eigenvalue weighted by Crippen LogP contribution is 2.25. The zero-order chi connectivity index (χ0) is 17.6. The number of likely N-dealkylation sites (tertiary alicyclic amines) is 1. The van der Waals surface area contributed by atoms with Gasteiger partial charge in [-0.05, 0) is 30.8 Å². The van der Waals surface area contributed by atoms with Crippen molar-refractivity contribution in [3.8, 4) is 5.75 Å². The Labute approximate surface area is 148 Å². The number of carbonyl (C=O) groups is 1. The van der Waals surface area contributed by atoms with Gasteiger partial charge in [0, 0.05) is 31.4 Å². The van der Waals surface area contributed by atoms with Crippen molar-refractivity contribution in [3.63, 3.8) is 0 Å². The molecule has 1 heterocycles. The minimum absolute atomic E-state index is 0.00619. The molecule has 2 N–H and O–H groups in total. The summed E-state index contributed by atoms with van der Waals surface area (Å²) in [5.41, 5.74) is 0. The molecular weight excluding hydrogens is 316 g/mol. The number of piperidine rings is 1. The third kappa shape index (κ3) is 4.94. The molecule has 5 nitrogen and oxygen atoms in total. The van der Waals surface area contributed by atoms with Gasteiger partial charge in [-0.1, -0.05) is 36.4 Å². The largest absolute Gasteiger partial charge is 0.490 e. The van der Waals surface area contributed by atoms with E-state index in [1.807, 2.05) is 30.3 Å². The fraction of sp³-hybridized carbons (Fsp3) is 0.450. The number of carbonyl (C=O) groups excluding carboxylic acids is 1. The number of β-amino-alcohol motifs (C(OH)–C–C–N with tert-alkyl or cyclic N) is 1. The van der Waals surface area contributed by atoms with Crippen molar-refractivity contribution in [2.75, 3.05) is 26.2 Å². The third-order valence-corrected chi connectivity index (χ3v) is 4.56. The van der Waals surface area contributed by atoms with Crippen LogP contribution in [-0.2, 0) is 4.79 Å². The molecule has 0 saturated carbocycles. The van der Waals surface area contributed by atoms with Gasteiger partial charge in [-0.15, -0.1) is 0 Å². The van der Waals surface area contributed by atoms with E-state index in [0.29, 0.717) is 6.54 Å². The monoisotopic (exact) mass is 342 g/mol. The second-order valence-corrected chi connectivity index (χ2v) is 6.74. The number of amides is 1. The zero-order valence-corrected chi connectivity index (χ0v) is 14.6. The van der Waals surface area contributed by atoms with Gasteiger partial charge in [0.15, 0.2) is 0 Å². The van der Waals surface area contributed by atoms with Gasteiger partial charge in [-0.2, -0.15) is 0 Å². The molecular formula is C20H26N2O3. The van der Waals surface area contributed by atoms with Gasteiger partial charge in [0.2, 0.25) is 5.91 Å². The van der Waals surface area contributed by atoms with Crippen LogP contribution in [0.25, 0.3) is 10.8 Å². The Morgan fingerprint density at radius 1 is 1.32 bits per heavy atom. The molecule has 2 aromatic rings. The lowest BCUT2D eigenvalue weighted by atomic mass is 10.1. The summed E-state index contributed by atoms with van der Waals surface area (Å²) in [5.74, 6) is 0.804. The van der Waals surface area contributed by atoms with Crippen LogP contribution in [-0.4, -0.2) is 54.3 Å². The molecule has 0 bridgehead atoms. The van der Waals surface area contributed by atoms with E-state index in [9.17, 15) is 9.90 Å². The van der Waals surface area contributed by atoms with Gasteiger partial charge in [-0.3, -0.25) is 9.69 Å². The highest BCUT2D eigenvalue weighted by atomic mass is 16.5. The molecule has 0 radical (unpaired) electrons. The number of aliphatic hydroxyl groups is 1. The summed E-state index contributed by atoms with van der Waals surface area (Å²) in [5, 5.41) is 15.5. The van der Waals surface area contributed by atoms with Crippen LogP contribution in [0.15, 0.2) is 42.5 Å². The summed E-state index contributed by atoms with van der Waals surface area (Å²) < 4.78 is 5.87. The number of ether oxygens (including phenoxy) is 1. The first-order valence-electron chi connectivity index (χ1n) is 8.90. The van der Waals surface area contributed by atoms with Gasteiger partial charge in [0.1, 0.15) is 18.5 Å². The quantitative estimate of drug-likeness (QED) is 0.845. The van der Waals surface area contributed by atoms with Crippen molar-refractivity contribution in [2.24, 2.45) is 0 Å². The molecule has 1 saturated heterocycles. The number of fused-ring (bicyclic) bond motifs is 1. The molecule has 3 rings (SSSR count). The SMILES string of the molecule is CC(=O)NC1CCCN(CC(O)COc2cccc3ccccc23)C1. The second kappa shape index (κ2) is 8.32. The highest BCUT2D eigenvalue weighted by molar-refractivity contribution is 5.88. The summed E-state index contributed by atoms with van der Waals surface area (Å²) in [4.78, 5) is 13.4. The molecule has 2 aromatic carbocycles.